The zero-order valence-corrected chi connectivity index (χ0v) is 13.1. The number of nitrogens with one attached hydrogen (secondary N) is 1. The van der Waals surface area contributed by atoms with Crippen LogP contribution in [0.15, 0.2) is 30.3 Å². The van der Waals surface area contributed by atoms with Gasteiger partial charge in [-0.1, -0.05) is 6.07 Å². The summed E-state index contributed by atoms with van der Waals surface area (Å²) in [6.07, 6.45) is -1.28. The van der Waals surface area contributed by atoms with Crippen molar-refractivity contribution in [1.82, 2.24) is 4.57 Å². The van der Waals surface area contributed by atoms with Crippen LogP contribution in [0.2, 0.25) is 0 Å². The monoisotopic (exact) mass is 311 g/mol. The van der Waals surface area contributed by atoms with Gasteiger partial charge in [-0.15, -0.1) is 0 Å². The maximum atomic E-state index is 11.5. The van der Waals surface area contributed by atoms with Crippen LogP contribution in [-0.2, 0) is 10.3 Å². The van der Waals surface area contributed by atoms with Gasteiger partial charge in [-0.05, 0) is 50.6 Å². The van der Waals surface area contributed by atoms with Gasteiger partial charge in [0.1, 0.15) is 18.0 Å². The van der Waals surface area contributed by atoms with Gasteiger partial charge in [0.05, 0.1) is 11.3 Å². The van der Waals surface area contributed by atoms with Crippen LogP contribution in [0.5, 0.6) is 0 Å². The molecule has 1 aliphatic rings. The van der Waals surface area contributed by atoms with Gasteiger partial charge in [-0.25, -0.2) is 9.36 Å². The average molecular weight is 311 g/mol. The topological polar surface area (TPSA) is 87.3 Å². The highest BCUT2D eigenvalue weighted by molar-refractivity contribution is 5.80. The molecule has 1 aliphatic heterocycles. The van der Waals surface area contributed by atoms with Gasteiger partial charge in [0, 0.05) is 11.3 Å². The van der Waals surface area contributed by atoms with Crippen LogP contribution in [0.3, 0.4) is 0 Å². The fourth-order valence-electron chi connectivity index (χ4n) is 3.04. The summed E-state index contributed by atoms with van der Waals surface area (Å²) in [5.41, 5.74) is 2.70. The molecule has 118 valence electrons. The molecular weight excluding hydrogens is 294 g/mol. The summed E-state index contributed by atoms with van der Waals surface area (Å²) >= 11 is 0. The lowest BCUT2D eigenvalue weighted by molar-refractivity contribution is -0.0632. The van der Waals surface area contributed by atoms with Crippen LogP contribution in [-0.4, -0.2) is 22.0 Å². The van der Waals surface area contributed by atoms with Crippen molar-refractivity contribution in [2.75, 3.05) is 5.32 Å². The number of nitrogens with zero attached hydrogens (tertiary/aromatic N) is 2. The molecule has 1 aromatic heterocycles. The number of aromatic nitrogens is 1. The minimum atomic E-state index is -1.18. The molecule has 0 bridgehead atoms. The van der Waals surface area contributed by atoms with E-state index in [4.69, 9.17) is 10.00 Å². The van der Waals surface area contributed by atoms with E-state index in [1.807, 2.05) is 45.0 Å². The number of carbonyl (C=O) groups is 1. The first-order valence-electron chi connectivity index (χ1n) is 7.28. The van der Waals surface area contributed by atoms with Gasteiger partial charge in [0.25, 0.3) is 0 Å². The number of rotatable bonds is 1. The SMILES string of the molecule is CC1Nc2ccc(-c3ccc(C#N)n3C(=O)O)cc2C(C)(C)O1. The van der Waals surface area contributed by atoms with Crippen molar-refractivity contribution in [2.45, 2.75) is 32.6 Å². The fraction of sp³-hybridized carbons (Fsp3) is 0.294. The summed E-state index contributed by atoms with van der Waals surface area (Å²) in [7, 11) is 0. The molecule has 0 amide bonds. The Hall–Kier alpha value is -2.78. The van der Waals surface area contributed by atoms with Gasteiger partial charge in [0.15, 0.2) is 0 Å². The zero-order valence-electron chi connectivity index (χ0n) is 13.1. The first kappa shape index (κ1) is 15.1. The van der Waals surface area contributed by atoms with Gasteiger partial charge in [-0.3, -0.25) is 0 Å². The molecular formula is C17H17N3O3. The van der Waals surface area contributed by atoms with E-state index in [9.17, 15) is 9.90 Å². The third-order valence-electron chi connectivity index (χ3n) is 3.98. The molecule has 0 saturated heterocycles. The van der Waals surface area contributed by atoms with Crippen LogP contribution in [0.1, 0.15) is 32.0 Å². The number of hydrogen-bond donors (Lipinski definition) is 2. The molecule has 0 aliphatic carbocycles. The summed E-state index contributed by atoms with van der Waals surface area (Å²) in [6, 6.07) is 10.7. The molecule has 0 spiro atoms. The number of hydrogen-bond acceptors (Lipinski definition) is 4. The van der Waals surface area contributed by atoms with E-state index in [0.29, 0.717) is 5.69 Å². The molecule has 0 fully saturated rings. The van der Waals surface area contributed by atoms with Gasteiger partial charge in [0.2, 0.25) is 0 Å². The van der Waals surface area contributed by atoms with Gasteiger partial charge >= 0.3 is 6.09 Å². The quantitative estimate of drug-likeness (QED) is 0.840. The van der Waals surface area contributed by atoms with Crippen molar-refractivity contribution in [2.24, 2.45) is 0 Å². The van der Waals surface area contributed by atoms with Crippen molar-refractivity contribution in [3.63, 3.8) is 0 Å². The lowest BCUT2D eigenvalue weighted by atomic mass is 9.92. The van der Waals surface area contributed by atoms with Crippen molar-refractivity contribution in [3.05, 3.63) is 41.6 Å². The van der Waals surface area contributed by atoms with Crippen molar-refractivity contribution in [1.29, 1.82) is 5.26 Å². The first-order valence-corrected chi connectivity index (χ1v) is 7.28. The lowest BCUT2D eigenvalue weighted by Gasteiger charge is -2.38. The minimum Gasteiger partial charge on any atom is -0.464 e. The summed E-state index contributed by atoms with van der Waals surface area (Å²) in [5.74, 6) is 0. The highest BCUT2D eigenvalue weighted by Crippen LogP contribution is 2.39. The molecule has 0 saturated carbocycles. The van der Waals surface area contributed by atoms with Crippen molar-refractivity contribution in [3.8, 4) is 17.3 Å². The Morgan fingerprint density at radius 1 is 1.39 bits per heavy atom. The number of ether oxygens (including phenoxy) is 1. The Kier molecular flexibility index (Phi) is 3.38. The molecule has 2 aromatic rings. The van der Waals surface area contributed by atoms with E-state index < -0.39 is 11.7 Å². The molecule has 23 heavy (non-hydrogen) atoms. The molecule has 1 aromatic carbocycles. The van der Waals surface area contributed by atoms with Crippen LogP contribution in [0.4, 0.5) is 10.5 Å². The van der Waals surface area contributed by atoms with Crippen molar-refractivity contribution < 1.29 is 14.6 Å². The van der Waals surface area contributed by atoms with E-state index in [0.717, 1.165) is 21.4 Å². The predicted molar refractivity (Wildman–Crippen MR) is 85.2 cm³/mol. The Morgan fingerprint density at radius 3 is 2.78 bits per heavy atom. The van der Waals surface area contributed by atoms with Crippen LogP contribution in [0, 0.1) is 11.3 Å². The maximum Gasteiger partial charge on any atom is 0.417 e. The maximum absolute atomic E-state index is 11.5. The molecule has 3 rings (SSSR count). The van der Waals surface area contributed by atoms with Crippen LogP contribution < -0.4 is 5.32 Å². The third kappa shape index (κ3) is 2.45. The smallest absolute Gasteiger partial charge is 0.417 e. The van der Waals surface area contributed by atoms with Crippen LogP contribution >= 0.6 is 0 Å². The number of benzene rings is 1. The summed E-state index contributed by atoms with van der Waals surface area (Å²) in [6.45, 7) is 5.89. The molecule has 1 atom stereocenters. The third-order valence-corrected chi connectivity index (χ3v) is 3.98. The first-order chi connectivity index (χ1) is 10.8. The largest absolute Gasteiger partial charge is 0.464 e. The predicted octanol–water partition coefficient (Wildman–Crippen LogP) is 3.58. The van der Waals surface area contributed by atoms with Gasteiger partial charge < -0.3 is 15.2 Å². The van der Waals surface area contributed by atoms with Gasteiger partial charge in [-0.2, -0.15) is 5.26 Å². The second-order valence-electron chi connectivity index (χ2n) is 6.01. The summed E-state index contributed by atoms with van der Waals surface area (Å²) < 4.78 is 6.90. The van der Waals surface area contributed by atoms with E-state index in [2.05, 4.69) is 5.32 Å². The second kappa shape index (κ2) is 5.14. The zero-order chi connectivity index (χ0) is 16.8. The summed E-state index contributed by atoms with van der Waals surface area (Å²) in [5, 5.41) is 21.7. The van der Waals surface area contributed by atoms with E-state index in [1.54, 1.807) is 6.07 Å². The van der Waals surface area contributed by atoms with E-state index in [-0.39, 0.29) is 11.9 Å². The normalized spacial score (nSPS) is 18.6. The highest BCUT2D eigenvalue weighted by Gasteiger charge is 2.32. The molecule has 2 N–H and O–H groups in total. The van der Waals surface area contributed by atoms with E-state index in [1.165, 1.54) is 6.07 Å². The minimum absolute atomic E-state index is 0.0903. The molecule has 6 heteroatoms. The fourth-order valence-corrected chi connectivity index (χ4v) is 3.04. The standard InChI is InChI=1S/C17H17N3O3/c1-10-19-14-6-4-11(8-13(14)17(2,3)23-10)15-7-5-12(9-18)20(15)16(21)22/h4-8,10,19H,1-3H3,(H,21,22). The molecule has 2 heterocycles. The van der Waals surface area contributed by atoms with E-state index >= 15 is 0 Å². The number of anilines is 1. The Bertz CT molecular complexity index is 830. The Balaban J connectivity index is 2.16. The number of fused-ring (bicyclic) bond motifs is 1. The number of carboxylic acid groups (broad SMARTS) is 1. The van der Waals surface area contributed by atoms with Crippen LogP contribution in [0.25, 0.3) is 11.3 Å². The molecule has 1 unspecified atom stereocenters. The Labute approximate surface area is 133 Å². The Morgan fingerprint density at radius 2 is 2.13 bits per heavy atom. The molecule has 0 radical (unpaired) electrons. The lowest BCUT2D eigenvalue weighted by Crippen LogP contribution is -2.37. The average Bonchev–Trinajstić information content (AvgIpc) is 2.90. The second-order valence-corrected chi connectivity index (χ2v) is 6.01. The van der Waals surface area contributed by atoms with Crippen molar-refractivity contribution >= 4 is 11.8 Å². The number of nitriles is 1. The molecule has 6 nitrogen and oxygen atoms in total. The summed E-state index contributed by atoms with van der Waals surface area (Å²) in [4.78, 5) is 11.5. The highest BCUT2D eigenvalue weighted by atomic mass is 16.5.